The largest absolute Gasteiger partial charge is 0.480 e. The number of carboxylic acids is 1. The molecule has 0 aliphatic heterocycles. The molecule has 1 aromatic carbocycles. The van der Waals surface area contributed by atoms with Gasteiger partial charge < -0.3 is 10.4 Å². The summed E-state index contributed by atoms with van der Waals surface area (Å²) in [5, 5.41) is 22.7. The number of nitro groups is 1. The summed E-state index contributed by atoms with van der Waals surface area (Å²) in [7, 11) is 0. The fraction of sp³-hybridized carbons (Fsp3) is 0.0909. The van der Waals surface area contributed by atoms with Gasteiger partial charge in [0.05, 0.1) is 4.92 Å². The minimum Gasteiger partial charge on any atom is -0.480 e. The molecular formula is C11H9N3O4. The molecule has 0 atom stereocenters. The number of rotatable bonds is 4. The zero-order valence-electron chi connectivity index (χ0n) is 9.16. The Morgan fingerprint density at radius 3 is 2.89 bits per heavy atom. The molecule has 18 heavy (non-hydrogen) atoms. The minimum absolute atomic E-state index is 0.105. The summed E-state index contributed by atoms with van der Waals surface area (Å²) in [5.41, 5.74) is 0.635. The first kappa shape index (κ1) is 11.8. The van der Waals surface area contributed by atoms with Gasteiger partial charge in [-0.2, -0.15) is 0 Å². The molecule has 0 aliphatic rings. The van der Waals surface area contributed by atoms with Crippen LogP contribution in [-0.4, -0.2) is 27.5 Å². The van der Waals surface area contributed by atoms with Gasteiger partial charge in [0.25, 0.3) is 5.69 Å². The fourth-order valence-electron chi connectivity index (χ4n) is 1.63. The van der Waals surface area contributed by atoms with Crippen LogP contribution in [0, 0.1) is 10.1 Å². The molecule has 0 unspecified atom stereocenters. The van der Waals surface area contributed by atoms with Crippen molar-refractivity contribution in [3.63, 3.8) is 0 Å². The summed E-state index contributed by atoms with van der Waals surface area (Å²) < 4.78 is 0. The number of benzene rings is 1. The molecule has 2 rings (SSSR count). The summed E-state index contributed by atoms with van der Waals surface area (Å²) in [6.07, 6.45) is 1.45. The summed E-state index contributed by atoms with van der Waals surface area (Å²) in [6.45, 7) is -0.262. The predicted octanol–water partition coefficient (Wildman–Crippen LogP) is 1.64. The number of non-ortho nitro benzene ring substituents is 1. The Morgan fingerprint density at radius 2 is 2.22 bits per heavy atom. The maximum Gasteiger partial charge on any atom is 0.322 e. The standard InChI is InChI=1S/C11H9N3O4/c15-10(16)6-13-8-3-4-9(14(17)18)11-7(8)2-1-5-12-11/h1-5,13H,6H2,(H,15,16). The average Bonchev–Trinajstić information content (AvgIpc) is 2.35. The lowest BCUT2D eigenvalue weighted by molar-refractivity contribution is -0.383. The number of nitrogens with zero attached hydrogens (tertiary/aromatic N) is 2. The first-order chi connectivity index (χ1) is 8.59. The average molecular weight is 247 g/mol. The zero-order valence-corrected chi connectivity index (χ0v) is 9.16. The number of hydrogen-bond donors (Lipinski definition) is 2. The Labute approximate surface area is 101 Å². The molecule has 0 aliphatic carbocycles. The van der Waals surface area contributed by atoms with E-state index in [1.807, 2.05) is 0 Å². The molecule has 92 valence electrons. The highest BCUT2D eigenvalue weighted by Crippen LogP contribution is 2.29. The molecule has 0 fully saturated rings. The first-order valence-corrected chi connectivity index (χ1v) is 5.07. The molecule has 7 heteroatoms. The first-order valence-electron chi connectivity index (χ1n) is 5.07. The Hall–Kier alpha value is -2.70. The fourth-order valence-corrected chi connectivity index (χ4v) is 1.63. The van der Waals surface area contributed by atoms with E-state index in [0.717, 1.165) is 0 Å². The molecule has 2 N–H and O–H groups in total. The highest BCUT2D eigenvalue weighted by atomic mass is 16.6. The zero-order chi connectivity index (χ0) is 13.1. The number of carboxylic acid groups (broad SMARTS) is 1. The van der Waals surface area contributed by atoms with E-state index in [-0.39, 0.29) is 17.7 Å². The molecule has 0 saturated carbocycles. The van der Waals surface area contributed by atoms with Crippen LogP contribution in [0.15, 0.2) is 30.5 Å². The summed E-state index contributed by atoms with van der Waals surface area (Å²) in [5.74, 6) is -1.01. The molecule has 0 radical (unpaired) electrons. The molecule has 2 aromatic rings. The number of aromatic nitrogens is 1. The lowest BCUT2D eigenvalue weighted by atomic mass is 10.1. The summed E-state index contributed by atoms with van der Waals surface area (Å²) in [4.78, 5) is 24.8. The third kappa shape index (κ3) is 2.19. The van der Waals surface area contributed by atoms with Crippen molar-refractivity contribution in [2.75, 3.05) is 11.9 Å². The van der Waals surface area contributed by atoms with Gasteiger partial charge in [-0.15, -0.1) is 0 Å². The second kappa shape index (κ2) is 4.66. The maximum atomic E-state index is 10.8. The highest BCUT2D eigenvalue weighted by molar-refractivity contribution is 5.97. The molecule has 1 heterocycles. The molecule has 0 saturated heterocycles. The highest BCUT2D eigenvalue weighted by Gasteiger charge is 2.15. The van der Waals surface area contributed by atoms with E-state index in [0.29, 0.717) is 11.1 Å². The smallest absolute Gasteiger partial charge is 0.322 e. The van der Waals surface area contributed by atoms with Crippen molar-refractivity contribution in [2.45, 2.75) is 0 Å². The molecule has 7 nitrogen and oxygen atoms in total. The predicted molar refractivity (Wildman–Crippen MR) is 64.5 cm³/mol. The number of anilines is 1. The minimum atomic E-state index is -1.01. The van der Waals surface area contributed by atoms with E-state index >= 15 is 0 Å². The number of nitro benzene ring substituents is 1. The molecular weight excluding hydrogens is 238 g/mol. The number of aliphatic carboxylic acids is 1. The van der Waals surface area contributed by atoms with Gasteiger partial charge in [0.2, 0.25) is 0 Å². The second-order valence-corrected chi connectivity index (χ2v) is 3.54. The van der Waals surface area contributed by atoms with Gasteiger partial charge in [-0.1, -0.05) is 0 Å². The number of fused-ring (bicyclic) bond motifs is 1. The van der Waals surface area contributed by atoms with Crippen molar-refractivity contribution in [1.29, 1.82) is 0 Å². The number of carbonyl (C=O) groups is 1. The van der Waals surface area contributed by atoms with Crippen molar-refractivity contribution < 1.29 is 14.8 Å². The van der Waals surface area contributed by atoms with Crippen LogP contribution in [-0.2, 0) is 4.79 Å². The van der Waals surface area contributed by atoms with E-state index in [4.69, 9.17) is 5.11 Å². The molecule has 0 bridgehead atoms. The number of hydrogen-bond acceptors (Lipinski definition) is 5. The number of nitrogens with one attached hydrogen (secondary N) is 1. The van der Waals surface area contributed by atoms with Gasteiger partial charge in [0.1, 0.15) is 12.1 Å². The van der Waals surface area contributed by atoms with Crippen molar-refractivity contribution in [3.8, 4) is 0 Å². The topological polar surface area (TPSA) is 105 Å². The van der Waals surface area contributed by atoms with Gasteiger partial charge in [0.15, 0.2) is 0 Å². The van der Waals surface area contributed by atoms with Crippen molar-refractivity contribution in [2.24, 2.45) is 0 Å². The second-order valence-electron chi connectivity index (χ2n) is 3.54. The van der Waals surface area contributed by atoms with Gasteiger partial charge in [-0.3, -0.25) is 14.9 Å². The van der Waals surface area contributed by atoms with E-state index < -0.39 is 10.9 Å². The van der Waals surface area contributed by atoms with Crippen molar-refractivity contribution in [3.05, 3.63) is 40.6 Å². The Kier molecular flexibility index (Phi) is 3.05. The monoisotopic (exact) mass is 247 g/mol. The van der Waals surface area contributed by atoms with E-state index in [1.165, 1.54) is 18.3 Å². The van der Waals surface area contributed by atoms with Crippen LogP contribution in [0.4, 0.5) is 11.4 Å². The van der Waals surface area contributed by atoms with Gasteiger partial charge in [-0.25, -0.2) is 4.98 Å². The van der Waals surface area contributed by atoms with Gasteiger partial charge in [-0.05, 0) is 18.2 Å². The van der Waals surface area contributed by atoms with Gasteiger partial charge in [0, 0.05) is 23.3 Å². The van der Waals surface area contributed by atoms with Crippen molar-refractivity contribution in [1.82, 2.24) is 4.98 Å². The van der Waals surface area contributed by atoms with Gasteiger partial charge >= 0.3 is 5.97 Å². The Morgan fingerprint density at radius 1 is 1.44 bits per heavy atom. The van der Waals surface area contributed by atoms with Crippen molar-refractivity contribution >= 4 is 28.2 Å². The normalized spacial score (nSPS) is 10.2. The lowest BCUT2D eigenvalue weighted by Gasteiger charge is -2.07. The van der Waals surface area contributed by atoms with E-state index in [1.54, 1.807) is 12.1 Å². The van der Waals surface area contributed by atoms with Crippen LogP contribution in [0.5, 0.6) is 0 Å². The van der Waals surface area contributed by atoms with Crippen LogP contribution in [0.1, 0.15) is 0 Å². The van der Waals surface area contributed by atoms with Crippen LogP contribution >= 0.6 is 0 Å². The maximum absolute atomic E-state index is 10.8. The van der Waals surface area contributed by atoms with E-state index in [2.05, 4.69) is 10.3 Å². The molecule has 1 aromatic heterocycles. The third-order valence-corrected chi connectivity index (χ3v) is 2.38. The molecule has 0 amide bonds. The van der Waals surface area contributed by atoms with E-state index in [9.17, 15) is 14.9 Å². The summed E-state index contributed by atoms with van der Waals surface area (Å²) >= 11 is 0. The van der Waals surface area contributed by atoms with Crippen LogP contribution in [0.2, 0.25) is 0 Å². The van der Waals surface area contributed by atoms with Crippen LogP contribution in [0.25, 0.3) is 10.9 Å². The third-order valence-electron chi connectivity index (χ3n) is 2.38. The van der Waals surface area contributed by atoms with Crippen LogP contribution < -0.4 is 5.32 Å². The summed E-state index contributed by atoms with van der Waals surface area (Å²) in [6, 6.07) is 6.07. The Bertz CT molecular complexity index is 627. The quantitative estimate of drug-likeness (QED) is 0.628. The SMILES string of the molecule is O=C(O)CNc1ccc([N+](=O)[O-])c2ncccc12. The number of pyridine rings is 1. The van der Waals surface area contributed by atoms with Crippen LogP contribution in [0.3, 0.4) is 0 Å². The molecule has 0 spiro atoms. The lowest BCUT2D eigenvalue weighted by Crippen LogP contribution is -2.12. The Balaban J connectivity index is 2.53.